The largest absolute Gasteiger partial charge is 0.326 e. The Kier molecular flexibility index (Phi) is 5.80. The van der Waals surface area contributed by atoms with Gasteiger partial charge in [-0.2, -0.15) is 0 Å². The number of benzene rings is 1. The number of nitrogens with two attached hydrogens (primary N) is 1. The first-order chi connectivity index (χ1) is 8.77. The van der Waals surface area contributed by atoms with Crippen molar-refractivity contribution in [3.63, 3.8) is 0 Å². The summed E-state index contributed by atoms with van der Waals surface area (Å²) in [5.41, 5.74) is 7.00. The van der Waals surface area contributed by atoms with Crippen LogP contribution in [0.5, 0.6) is 0 Å². The summed E-state index contributed by atoms with van der Waals surface area (Å²) in [6, 6.07) is 3.16. The molecule has 108 valence electrons. The van der Waals surface area contributed by atoms with Crippen molar-refractivity contribution in [1.29, 1.82) is 0 Å². The van der Waals surface area contributed by atoms with Gasteiger partial charge in [0.05, 0.1) is 4.90 Å². The van der Waals surface area contributed by atoms with Gasteiger partial charge in [-0.3, -0.25) is 0 Å². The Labute approximate surface area is 120 Å². The Bertz CT molecular complexity index is 542. The summed E-state index contributed by atoms with van der Waals surface area (Å²) in [6.45, 7) is 6.53. The first-order valence-electron chi connectivity index (χ1n) is 6.26. The number of nitrogens with one attached hydrogen (secondary N) is 1. The lowest BCUT2D eigenvalue weighted by Gasteiger charge is -2.13. The van der Waals surface area contributed by atoms with Gasteiger partial charge in [-0.1, -0.05) is 25.4 Å². The minimum Gasteiger partial charge on any atom is -0.326 e. The zero-order valence-corrected chi connectivity index (χ0v) is 13.1. The fraction of sp³-hybridized carbons (Fsp3) is 0.538. The number of hydrogen-bond donors (Lipinski definition) is 2. The molecule has 0 aliphatic carbocycles. The van der Waals surface area contributed by atoms with Gasteiger partial charge < -0.3 is 5.73 Å². The van der Waals surface area contributed by atoms with Crippen molar-refractivity contribution in [3.8, 4) is 0 Å². The maximum atomic E-state index is 12.2. The highest BCUT2D eigenvalue weighted by atomic mass is 35.5. The van der Waals surface area contributed by atoms with E-state index in [4.69, 9.17) is 17.3 Å². The Morgan fingerprint density at radius 1 is 1.37 bits per heavy atom. The molecule has 1 aromatic rings. The van der Waals surface area contributed by atoms with Crippen LogP contribution in [-0.4, -0.2) is 15.0 Å². The van der Waals surface area contributed by atoms with Gasteiger partial charge in [-0.15, -0.1) is 0 Å². The van der Waals surface area contributed by atoms with Gasteiger partial charge in [-0.25, -0.2) is 13.1 Å². The van der Waals surface area contributed by atoms with Crippen molar-refractivity contribution in [2.45, 2.75) is 38.6 Å². The van der Waals surface area contributed by atoms with E-state index in [1.165, 1.54) is 6.07 Å². The van der Waals surface area contributed by atoms with Gasteiger partial charge in [0.25, 0.3) is 0 Å². The third-order valence-electron chi connectivity index (χ3n) is 2.96. The van der Waals surface area contributed by atoms with Gasteiger partial charge in [0, 0.05) is 18.1 Å². The lowest BCUT2D eigenvalue weighted by atomic mass is 10.1. The molecule has 0 spiro atoms. The van der Waals surface area contributed by atoms with Crippen LogP contribution in [0.15, 0.2) is 17.0 Å². The van der Waals surface area contributed by atoms with E-state index < -0.39 is 10.0 Å². The predicted octanol–water partition coefficient (Wildman–Crippen LogP) is 2.43. The smallest absolute Gasteiger partial charge is 0.240 e. The van der Waals surface area contributed by atoms with Crippen LogP contribution in [0.4, 0.5) is 0 Å². The van der Waals surface area contributed by atoms with Crippen molar-refractivity contribution >= 4 is 21.6 Å². The maximum Gasteiger partial charge on any atom is 0.240 e. The molecule has 0 bridgehead atoms. The predicted molar refractivity (Wildman–Crippen MR) is 78.7 cm³/mol. The second-order valence-corrected chi connectivity index (χ2v) is 7.14. The summed E-state index contributed by atoms with van der Waals surface area (Å²) in [4.78, 5) is 0.212. The molecular weight excluding hydrogens is 284 g/mol. The summed E-state index contributed by atoms with van der Waals surface area (Å²) in [5, 5.41) is 0.385. The van der Waals surface area contributed by atoms with Crippen LogP contribution < -0.4 is 10.5 Å². The molecule has 4 nitrogen and oxygen atoms in total. The van der Waals surface area contributed by atoms with E-state index in [1.807, 2.05) is 13.8 Å². The molecule has 0 amide bonds. The van der Waals surface area contributed by atoms with Crippen LogP contribution in [0.3, 0.4) is 0 Å². The van der Waals surface area contributed by atoms with E-state index in [1.54, 1.807) is 13.0 Å². The van der Waals surface area contributed by atoms with E-state index in [0.717, 1.165) is 12.0 Å². The molecule has 0 saturated carbocycles. The quantitative estimate of drug-likeness (QED) is 0.848. The monoisotopic (exact) mass is 304 g/mol. The standard InChI is InChI=1S/C13H21ClN2O2S/c1-9(2)4-5-16-19(17,18)13-7-12(14)6-11(8-15)10(13)3/h6-7,9,16H,4-5,8,15H2,1-3H3. The summed E-state index contributed by atoms with van der Waals surface area (Å²) in [7, 11) is -3.53. The van der Waals surface area contributed by atoms with Crippen LogP contribution in [0.25, 0.3) is 0 Å². The van der Waals surface area contributed by atoms with Crippen LogP contribution >= 0.6 is 11.6 Å². The summed E-state index contributed by atoms with van der Waals surface area (Å²) < 4.78 is 27.1. The molecule has 0 heterocycles. The molecule has 6 heteroatoms. The van der Waals surface area contributed by atoms with Crippen molar-refractivity contribution < 1.29 is 8.42 Å². The zero-order chi connectivity index (χ0) is 14.6. The van der Waals surface area contributed by atoms with Gasteiger partial charge in [0.2, 0.25) is 10.0 Å². The Morgan fingerprint density at radius 2 is 2.00 bits per heavy atom. The van der Waals surface area contributed by atoms with Crippen molar-refractivity contribution in [2.24, 2.45) is 11.7 Å². The van der Waals surface area contributed by atoms with Crippen LogP contribution in [0.1, 0.15) is 31.4 Å². The fourth-order valence-electron chi connectivity index (χ4n) is 1.76. The number of sulfonamides is 1. The zero-order valence-electron chi connectivity index (χ0n) is 11.5. The molecule has 0 aliphatic heterocycles. The SMILES string of the molecule is Cc1c(CN)cc(Cl)cc1S(=O)(=O)NCCC(C)C. The van der Waals surface area contributed by atoms with Gasteiger partial charge >= 0.3 is 0 Å². The van der Waals surface area contributed by atoms with Crippen molar-refractivity contribution in [2.75, 3.05) is 6.54 Å². The molecule has 0 aromatic heterocycles. The maximum absolute atomic E-state index is 12.2. The molecule has 0 unspecified atom stereocenters. The molecule has 19 heavy (non-hydrogen) atoms. The highest BCUT2D eigenvalue weighted by Gasteiger charge is 2.19. The molecule has 0 radical (unpaired) electrons. The molecule has 0 fully saturated rings. The van der Waals surface area contributed by atoms with E-state index in [9.17, 15) is 8.42 Å². The van der Waals surface area contributed by atoms with Crippen LogP contribution in [-0.2, 0) is 16.6 Å². The van der Waals surface area contributed by atoms with Crippen LogP contribution in [0, 0.1) is 12.8 Å². The summed E-state index contributed by atoms with van der Waals surface area (Å²) in [6.07, 6.45) is 0.794. The molecule has 0 aliphatic rings. The second kappa shape index (κ2) is 6.70. The molecule has 3 N–H and O–H groups in total. The Morgan fingerprint density at radius 3 is 2.53 bits per heavy atom. The minimum atomic E-state index is -3.53. The van der Waals surface area contributed by atoms with Gasteiger partial charge in [0.15, 0.2) is 0 Å². The molecular formula is C13H21ClN2O2S. The number of halogens is 1. The highest BCUT2D eigenvalue weighted by Crippen LogP contribution is 2.24. The van der Waals surface area contributed by atoms with E-state index in [0.29, 0.717) is 23.0 Å². The Hall–Kier alpha value is -0.620. The average molecular weight is 305 g/mol. The minimum absolute atomic E-state index is 0.212. The van der Waals surface area contributed by atoms with Crippen LogP contribution in [0.2, 0.25) is 5.02 Å². The van der Waals surface area contributed by atoms with E-state index in [2.05, 4.69) is 4.72 Å². The molecule has 1 rings (SSSR count). The molecule has 0 saturated heterocycles. The first kappa shape index (κ1) is 16.4. The first-order valence-corrected chi connectivity index (χ1v) is 8.12. The number of hydrogen-bond acceptors (Lipinski definition) is 3. The average Bonchev–Trinajstić information content (AvgIpc) is 2.30. The van der Waals surface area contributed by atoms with E-state index >= 15 is 0 Å². The lowest BCUT2D eigenvalue weighted by molar-refractivity contribution is 0.551. The Balaban J connectivity index is 3.04. The van der Waals surface area contributed by atoms with Crippen molar-refractivity contribution in [1.82, 2.24) is 4.72 Å². The highest BCUT2D eigenvalue weighted by molar-refractivity contribution is 7.89. The van der Waals surface area contributed by atoms with Gasteiger partial charge in [-0.05, 0) is 42.5 Å². The summed E-state index contributed by atoms with van der Waals surface area (Å²) in [5.74, 6) is 0.447. The summed E-state index contributed by atoms with van der Waals surface area (Å²) >= 11 is 5.94. The van der Waals surface area contributed by atoms with E-state index in [-0.39, 0.29) is 11.4 Å². The second-order valence-electron chi connectivity index (χ2n) is 4.97. The molecule has 1 aromatic carbocycles. The topological polar surface area (TPSA) is 72.2 Å². The van der Waals surface area contributed by atoms with Gasteiger partial charge in [0.1, 0.15) is 0 Å². The van der Waals surface area contributed by atoms with Crippen molar-refractivity contribution in [3.05, 3.63) is 28.3 Å². The lowest BCUT2D eigenvalue weighted by Crippen LogP contribution is -2.26. The third kappa shape index (κ3) is 4.45. The normalized spacial score (nSPS) is 12.1. The third-order valence-corrected chi connectivity index (χ3v) is 4.76. The molecule has 0 atom stereocenters. The fourth-order valence-corrected chi connectivity index (χ4v) is 3.42. The number of rotatable bonds is 6.